The first kappa shape index (κ1) is 15.5. The molecule has 2 unspecified atom stereocenters. The van der Waals surface area contributed by atoms with Gasteiger partial charge in [0, 0.05) is 5.02 Å². The van der Waals surface area contributed by atoms with Crippen LogP contribution in [-0.4, -0.2) is 12.1 Å². The van der Waals surface area contributed by atoms with E-state index in [1.165, 1.54) is 18.6 Å². The molecule has 0 heterocycles. The fourth-order valence-electron chi connectivity index (χ4n) is 2.94. The standard InChI is InChI=1S/C15H19Cl2NO2/c1-8-3-9(2)5-11(4-8)20-15(19)12-6-10(16)7-13(17)14(12)18/h6-9,11H,3-5,18H2,1-2H3. The lowest BCUT2D eigenvalue weighted by Gasteiger charge is -2.31. The minimum atomic E-state index is -0.446. The van der Waals surface area contributed by atoms with Gasteiger partial charge in [0.25, 0.3) is 0 Å². The number of nitrogens with two attached hydrogens (primary N) is 1. The number of hydrogen-bond acceptors (Lipinski definition) is 3. The van der Waals surface area contributed by atoms with Gasteiger partial charge in [-0.15, -0.1) is 0 Å². The molecule has 1 aromatic carbocycles. The topological polar surface area (TPSA) is 52.3 Å². The second-order valence-electron chi connectivity index (χ2n) is 5.79. The van der Waals surface area contributed by atoms with Crippen LogP contribution < -0.4 is 5.73 Å². The Morgan fingerprint density at radius 2 is 1.80 bits per heavy atom. The Kier molecular flexibility index (Phi) is 4.82. The van der Waals surface area contributed by atoms with Crippen LogP contribution in [0.25, 0.3) is 0 Å². The van der Waals surface area contributed by atoms with Crippen LogP contribution in [0.2, 0.25) is 10.0 Å². The van der Waals surface area contributed by atoms with Gasteiger partial charge in [0.1, 0.15) is 6.10 Å². The Bertz CT molecular complexity index is 509. The quantitative estimate of drug-likeness (QED) is 0.643. The smallest absolute Gasteiger partial charge is 0.340 e. The van der Waals surface area contributed by atoms with Crippen molar-refractivity contribution in [1.82, 2.24) is 0 Å². The normalized spacial score (nSPS) is 26.3. The SMILES string of the molecule is CC1CC(C)CC(OC(=O)c2cc(Cl)cc(Cl)c2N)C1. The maximum absolute atomic E-state index is 12.2. The Hall–Kier alpha value is -0.930. The number of ether oxygens (including phenoxy) is 1. The molecule has 1 aliphatic carbocycles. The molecule has 1 fully saturated rings. The van der Waals surface area contributed by atoms with Gasteiger partial charge in [-0.05, 0) is 43.2 Å². The fraction of sp³-hybridized carbons (Fsp3) is 0.533. The summed E-state index contributed by atoms with van der Waals surface area (Å²) in [6.45, 7) is 4.36. The van der Waals surface area contributed by atoms with Gasteiger partial charge >= 0.3 is 5.97 Å². The van der Waals surface area contributed by atoms with Gasteiger partial charge in [0.15, 0.2) is 0 Å². The zero-order chi connectivity index (χ0) is 14.9. The van der Waals surface area contributed by atoms with Gasteiger partial charge < -0.3 is 10.5 Å². The number of carbonyl (C=O) groups is 1. The number of halogens is 2. The van der Waals surface area contributed by atoms with Gasteiger partial charge in [-0.25, -0.2) is 4.79 Å². The van der Waals surface area contributed by atoms with E-state index in [0.29, 0.717) is 16.9 Å². The molecule has 2 rings (SSSR count). The molecule has 0 radical (unpaired) electrons. The van der Waals surface area contributed by atoms with Crippen molar-refractivity contribution >= 4 is 34.9 Å². The van der Waals surface area contributed by atoms with Crippen LogP contribution in [-0.2, 0) is 4.74 Å². The lowest BCUT2D eigenvalue weighted by atomic mass is 9.82. The van der Waals surface area contributed by atoms with Gasteiger partial charge in [-0.1, -0.05) is 37.0 Å². The summed E-state index contributed by atoms with van der Waals surface area (Å²) in [6, 6.07) is 3.01. The molecular formula is C15H19Cl2NO2. The molecule has 1 saturated carbocycles. The zero-order valence-electron chi connectivity index (χ0n) is 11.7. The number of esters is 1. The lowest BCUT2D eigenvalue weighted by molar-refractivity contribution is 0.00817. The molecule has 20 heavy (non-hydrogen) atoms. The third-order valence-electron chi connectivity index (χ3n) is 3.72. The van der Waals surface area contributed by atoms with E-state index in [9.17, 15) is 4.79 Å². The van der Waals surface area contributed by atoms with E-state index in [4.69, 9.17) is 33.7 Å². The third kappa shape index (κ3) is 3.58. The molecule has 5 heteroatoms. The van der Waals surface area contributed by atoms with E-state index >= 15 is 0 Å². The number of carbonyl (C=O) groups excluding carboxylic acids is 1. The summed E-state index contributed by atoms with van der Waals surface area (Å²) < 4.78 is 5.57. The summed E-state index contributed by atoms with van der Waals surface area (Å²) >= 11 is 11.8. The van der Waals surface area contributed by atoms with Gasteiger partial charge in [0.05, 0.1) is 16.3 Å². The van der Waals surface area contributed by atoms with Crippen LogP contribution >= 0.6 is 23.2 Å². The molecule has 0 saturated heterocycles. The number of nitrogen functional groups attached to an aromatic ring is 1. The molecule has 3 nitrogen and oxygen atoms in total. The van der Waals surface area contributed by atoms with E-state index in [0.717, 1.165) is 12.8 Å². The minimum Gasteiger partial charge on any atom is -0.459 e. The Balaban J connectivity index is 2.12. The molecule has 1 aliphatic rings. The predicted molar refractivity (Wildman–Crippen MR) is 82.3 cm³/mol. The molecule has 0 spiro atoms. The minimum absolute atomic E-state index is 0.0570. The van der Waals surface area contributed by atoms with Crippen LogP contribution in [0.5, 0.6) is 0 Å². The van der Waals surface area contributed by atoms with Crippen molar-refractivity contribution in [3.8, 4) is 0 Å². The Morgan fingerprint density at radius 3 is 2.40 bits per heavy atom. The fourth-order valence-corrected chi connectivity index (χ4v) is 3.43. The lowest BCUT2D eigenvalue weighted by Crippen LogP contribution is -2.28. The Morgan fingerprint density at radius 1 is 1.20 bits per heavy atom. The summed E-state index contributed by atoms with van der Waals surface area (Å²) in [4.78, 5) is 12.2. The molecule has 0 aliphatic heterocycles. The zero-order valence-corrected chi connectivity index (χ0v) is 13.2. The number of benzene rings is 1. The molecule has 110 valence electrons. The van der Waals surface area contributed by atoms with Crippen molar-refractivity contribution in [2.45, 2.75) is 39.2 Å². The van der Waals surface area contributed by atoms with Crippen LogP contribution in [0.15, 0.2) is 12.1 Å². The van der Waals surface area contributed by atoms with Crippen LogP contribution in [0.1, 0.15) is 43.5 Å². The average Bonchev–Trinajstić information content (AvgIpc) is 2.32. The van der Waals surface area contributed by atoms with E-state index in [1.54, 1.807) is 0 Å². The maximum Gasteiger partial charge on any atom is 0.340 e. The second kappa shape index (κ2) is 6.23. The van der Waals surface area contributed by atoms with Crippen molar-refractivity contribution in [3.63, 3.8) is 0 Å². The summed E-state index contributed by atoms with van der Waals surface area (Å²) in [5, 5.41) is 0.649. The van der Waals surface area contributed by atoms with E-state index in [-0.39, 0.29) is 22.4 Å². The highest BCUT2D eigenvalue weighted by atomic mass is 35.5. The van der Waals surface area contributed by atoms with Crippen LogP contribution in [0, 0.1) is 11.8 Å². The summed E-state index contributed by atoms with van der Waals surface area (Å²) in [5.41, 5.74) is 6.28. The van der Waals surface area contributed by atoms with Crippen molar-refractivity contribution < 1.29 is 9.53 Å². The number of rotatable bonds is 2. The van der Waals surface area contributed by atoms with E-state index in [2.05, 4.69) is 13.8 Å². The van der Waals surface area contributed by atoms with Crippen molar-refractivity contribution in [2.75, 3.05) is 5.73 Å². The summed E-state index contributed by atoms with van der Waals surface area (Å²) in [6.07, 6.45) is 2.91. The maximum atomic E-state index is 12.2. The summed E-state index contributed by atoms with van der Waals surface area (Å²) in [7, 11) is 0. The van der Waals surface area contributed by atoms with Crippen molar-refractivity contribution in [2.24, 2.45) is 11.8 Å². The highest BCUT2D eigenvalue weighted by Crippen LogP contribution is 2.32. The highest BCUT2D eigenvalue weighted by molar-refractivity contribution is 6.37. The molecular weight excluding hydrogens is 297 g/mol. The first-order valence-corrected chi connectivity index (χ1v) is 7.58. The molecule has 0 bridgehead atoms. The average molecular weight is 316 g/mol. The van der Waals surface area contributed by atoms with Gasteiger partial charge in [0.2, 0.25) is 0 Å². The first-order chi connectivity index (χ1) is 9.36. The van der Waals surface area contributed by atoms with Gasteiger partial charge in [-0.2, -0.15) is 0 Å². The van der Waals surface area contributed by atoms with E-state index in [1.807, 2.05) is 0 Å². The Labute approximate surface area is 129 Å². The highest BCUT2D eigenvalue weighted by Gasteiger charge is 2.27. The largest absolute Gasteiger partial charge is 0.459 e. The first-order valence-electron chi connectivity index (χ1n) is 6.82. The number of anilines is 1. The van der Waals surface area contributed by atoms with Gasteiger partial charge in [-0.3, -0.25) is 0 Å². The van der Waals surface area contributed by atoms with E-state index < -0.39 is 5.97 Å². The summed E-state index contributed by atoms with van der Waals surface area (Å²) in [5.74, 6) is 0.687. The molecule has 2 atom stereocenters. The third-order valence-corrected chi connectivity index (χ3v) is 4.25. The van der Waals surface area contributed by atoms with Crippen molar-refractivity contribution in [1.29, 1.82) is 0 Å². The molecule has 2 N–H and O–H groups in total. The molecule has 1 aromatic rings. The predicted octanol–water partition coefficient (Wildman–Crippen LogP) is 4.56. The second-order valence-corrected chi connectivity index (χ2v) is 6.64. The molecule has 0 aromatic heterocycles. The van der Waals surface area contributed by atoms with Crippen molar-refractivity contribution in [3.05, 3.63) is 27.7 Å². The van der Waals surface area contributed by atoms with Crippen LogP contribution in [0.3, 0.4) is 0 Å². The molecule has 0 amide bonds. The number of hydrogen-bond donors (Lipinski definition) is 1. The van der Waals surface area contributed by atoms with Crippen LogP contribution in [0.4, 0.5) is 5.69 Å². The monoisotopic (exact) mass is 315 g/mol.